The lowest BCUT2D eigenvalue weighted by Gasteiger charge is -2.37. The minimum Gasteiger partial charge on any atom is -0.507 e. The third-order valence-electron chi connectivity index (χ3n) is 7.67. The Kier molecular flexibility index (Phi) is 6.49. The van der Waals surface area contributed by atoms with Crippen LogP contribution in [0.2, 0.25) is 0 Å². The monoisotopic (exact) mass is 410 g/mol. The lowest BCUT2D eigenvalue weighted by atomic mass is 9.92. The summed E-state index contributed by atoms with van der Waals surface area (Å²) in [5, 5.41) is 21.6. The number of rotatable bonds is 4. The van der Waals surface area contributed by atoms with E-state index >= 15 is 0 Å². The molecule has 4 nitrogen and oxygen atoms in total. The van der Waals surface area contributed by atoms with Crippen molar-refractivity contribution in [1.82, 2.24) is 9.80 Å². The van der Waals surface area contributed by atoms with E-state index in [0.29, 0.717) is 11.5 Å². The Morgan fingerprint density at radius 2 is 0.867 bits per heavy atom. The summed E-state index contributed by atoms with van der Waals surface area (Å²) in [5.74, 6) is 0.900. The van der Waals surface area contributed by atoms with Crippen LogP contribution in [0.15, 0.2) is 0 Å². The zero-order chi connectivity index (χ0) is 22.3. The molecule has 0 aromatic heterocycles. The Balaban J connectivity index is 1.82. The first-order chi connectivity index (χ1) is 14.0. The lowest BCUT2D eigenvalue weighted by Crippen LogP contribution is -2.44. The van der Waals surface area contributed by atoms with Gasteiger partial charge in [-0.3, -0.25) is 9.80 Å². The van der Waals surface area contributed by atoms with E-state index in [1.165, 1.54) is 33.4 Å². The molecule has 0 amide bonds. The maximum Gasteiger partial charge on any atom is 0.123 e. The molecule has 1 aliphatic heterocycles. The maximum atomic E-state index is 10.8. The third-order valence-corrected chi connectivity index (χ3v) is 7.67. The highest BCUT2D eigenvalue weighted by Gasteiger charge is 2.24. The van der Waals surface area contributed by atoms with Crippen LogP contribution in [-0.2, 0) is 13.1 Å². The summed E-state index contributed by atoms with van der Waals surface area (Å²) in [6.45, 7) is 21.1. The van der Waals surface area contributed by atoms with Gasteiger partial charge in [0.25, 0.3) is 0 Å². The van der Waals surface area contributed by atoms with Crippen LogP contribution >= 0.6 is 0 Å². The van der Waals surface area contributed by atoms with E-state index < -0.39 is 0 Å². The summed E-state index contributed by atoms with van der Waals surface area (Å²) in [6, 6.07) is 0. The Morgan fingerprint density at radius 3 is 1.23 bits per heavy atom. The zero-order valence-corrected chi connectivity index (χ0v) is 20.0. The molecule has 3 rings (SSSR count). The van der Waals surface area contributed by atoms with E-state index in [-0.39, 0.29) is 0 Å². The fourth-order valence-electron chi connectivity index (χ4n) is 4.78. The zero-order valence-electron chi connectivity index (χ0n) is 20.0. The van der Waals surface area contributed by atoms with Gasteiger partial charge in [-0.25, -0.2) is 0 Å². The van der Waals surface area contributed by atoms with Crippen LogP contribution in [-0.4, -0.2) is 39.8 Å². The average molecular weight is 411 g/mol. The van der Waals surface area contributed by atoms with E-state index in [4.69, 9.17) is 0 Å². The average Bonchev–Trinajstić information content (AvgIpc) is 2.74. The molecule has 2 N–H and O–H groups in total. The van der Waals surface area contributed by atoms with E-state index in [1.807, 2.05) is 13.8 Å². The smallest absolute Gasteiger partial charge is 0.123 e. The van der Waals surface area contributed by atoms with Gasteiger partial charge in [0, 0.05) is 37.3 Å². The molecule has 0 bridgehead atoms. The molecule has 1 heterocycles. The summed E-state index contributed by atoms with van der Waals surface area (Å²) < 4.78 is 0. The molecule has 0 radical (unpaired) electrons. The van der Waals surface area contributed by atoms with Crippen molar-refractivity contribution < 1.29 is 10.2 Å². The molecule has 1 fully saturated rings. The molecule has 2 aromatic rings. The first-order valence-corrected chi connectivity index (χ1v) is 11.1. The van der Waals surface area contributed by atoms with Gasteiger partial charge in [0.1, 0.15) is 11.5 Å². The summed E-state index contributed by atoms with van der Waals surface area (Å²) in [5.41, 5.74) is 11.4. The van der Waals surface area contributed by atoms with Crippen molar-refractivity contribution in [3.05, 3.63) is 55.6 Å². The number of hydrogen-bond acceptors (Lipinski definition) is 4. The number of phenolic OH excluding ortho intramolecular Hbond substituents is 2. The molecule has 1 saturated heterocycles. The molecule has 30 heavy (non-hydrogen) atoms. The molecule has 0 unspecified atom stereocenters. The van der Waals surface area contributed by atoms with E-state index in [2.05, 4.69) is 51.3 Å². The number of aromatic hydroxyl groups is 2. The van der Waals surface area contributed by atoms with Gasteiger partial charge in [0.15, 0.2) is 0 Å². The van der Waals surface area contributed by atoms with Crippen LogP contribution in [0.4, 0.5) is 0 Å². The van der Waals surface area contributed by atoms with Gasteiger partial charge < -0.3 is 10.2 Å². The van der Waals surface area contributed by atoms with Crippen molar-refractivity contribution in [2.24, 2.45) is 0 Å². The quantitative estimate of drug-likeness (QED) is 0.724. The Morgan fingerprint density at radius 1 is 0.533 bits per heavy atom. The van der Waals surface area contributed by atoms with Gasteiger partial charge in [-0.1, -0.05) is 0 Å². The summed E-state index contributed by atoms with van der Waals surface area (Å²) in [7, 11) is 0. The lowest BCUT2D eigenvalue weighted by molar-refractivity contribution is 0.0731. The molecular weight excluding hydrogens is 372 g/mol. The predicted molar refractivity (Wildman–Crippen MR) is 124 cm³/mol. The van der Waals surface area contributed by atoms with E-state index in [9.17, 15) is 10.2 Å². The van der Waals surface area contributed by atoms with Crippen molar-refractivity contribution in [2.45, 2.75) is 74.9 Å². The number of phenols is 2. The molecule has 0 saturated carbocycles. The van der Waals surface area contributed by atoms with Gasteiger partial charge in [-0.15, -0.1) is 0 Å². The van der Waals surface area contributed by atoms with Gasteiger partial charge in [0.05, 0.1) is 6.67 Å². The predicted octanol–water partition coefficient (Wildman–Crippen LogP) is 5.23. The van der Waals surface area contributed by atoms with Gasteiger partial charge in [-0.05, 0) is 106 Å². The molecular formula is C26H38N2O2. The van der Waals surface area contributed by atoms with E-state index in [1.54, 1.807) is 0 Å². The van der Waals surface area contributed by atoms with Crippen LogP contribution in [0, 0.1) is 55.4 Å². The van der Waals surface area contributed by atoms with Crippen molar-refractivity contribution >= 4 is 0 Å². The summed E-state index contributed by atoms with van der Waals surface area (Å²) in [6.07, 6.45) is 1.09. The van der Waals surface area contributed by atoms with Crippen LogP contribution in [0.5, 0.6) is 11.5 Å². The second kappa shape index (κ2) is 8.60. The Hall–Kier alpha value is -2.04. The number of nitrogens with zero attached hydrogens (tertiary/aromatic N) is 2. The molecule has 0 spiro atoms. The fourth-order valence-corrected chi connectivity index (χ4v) is 4.78. The SMILES string of the molecule is Cc1c(C)c(C)c(CN2CCCN(Cc3c(C)c(C)c(C)c(C)c3O)C2)c(O)c1C. The number of benzene rings is 2. The number of hydrogen-bond donors (Lipinski definition) is 2. The molecule has 1 aliphatic rings. The Labute approximate surface area is 182 Å². The first kappa shape index (κ1) is 22.6. The van der Waals surface area contributed by atoms with Gasteiger partial charge in [-0.2, -0.15) is 0 Å². The second-order valence-corrected chi connectivity index (χ2v) is 9.25. The highest BCUT2D eigenvalue weighted by Crippen LogP contribution is 2.35. The molecule has 2 aromatic carbocycles. The van der Waals surface area contributed by atoms with Crippen molar-refractivity contribution in [1.29, 1.82) is 0 Å². The summed E-state index contributed by atoms with van der Waals surface area (Å²) in [4.78, 5) is 4.83. The Bertz CT molecular complexity index is 842. The maximum absolute atomic E-state index is 10.8. The highest BCUT2D eigenvalue weighted by atomic mass is 16.3. The van der Waals surface area contributed by atoms with Crippen LogP contribution < -0.4 is 0 Å². The van der Waals surface area contributed by atoms with Gasteiger partial charge >= 0.3 is 0 Å². The molecule has 0 aliphatic carbocycles. The summed E-state index contributed by atoms with van der Waals surface area (Å²) >= 11 is 0. The van der Waals surface area contributed by atoms with Crippen LogP contribution in [0.1, 0.15) is 62.1 Å². The minimum atomic E-state index is 0.450. The third kappa shape index (κ3) is 3.95. The second-order valence-electron chi connectivity index (χ2n) is 9.25. The molecule has 0 atom stereocenters. The van der Waals surface area contributed by atoms with Crippen molar-refractivity contribution in [2.75, 3.05) is 19.8 Å². The molecule has 164 valence electrons. The normalized spacial score (nSPS) is 15.7. The topological polar surface area (TPSA) is 46.9 Å². The highest BCUT2D eigenvalue weighted by molar-refractivity contribution is 5.54. The minimum absolute atomic E-state index is 0.450. The molecule has 4 heteroatoms. The fraction of sp³-hybridized carbons (Fsp3) is 0.538. The first-order valence-electron chi connectivity index (χ1n) is 11.1. The van der Waals surface area contributed by atoms with Crippen molar-refractivity contribution in [3.8, 4) is 11.5 Å². The van der Waals surface area contributed by atoms with E-state index in [0.717, 1.165) is 61.5 Å². The van der Waals surface area contributed by atoms with Crippen molar-refractivity contribution in [3.63, 3.8) is 0 Å². The largest absolute Gasteiger partial charge is 0.507 e. The standard InChI is InChI=1S/C26H38N2O2/c1-15-17(3)21(7)25(29)23(19(15)5)12-27-10-9-11-28(14-27)13-24-20(6)16(2)18(4)22(8)26(24)30/h29-30H,9-14H2,1-8H3. The van der Waals surface area contributed by atoms with Crippen LogP contribution in [0.25, 0.3) is 0 Å². The van der Waals surface area contributed by atoms with Gasteiger partial charge in [0.2, 0.25) is 0 Å². The van der Waals surface area contributed by atoms with Crippen LogP contribution in [0.3, 0.4) is 0 Å².